The number of amides is 1. The Labute approximate surface area is 124 Å². The molecular weight excluding hydrogens is 274 g/mol. The largest absolute Gasteiger partial charge is 0.480 e. The fourth-order valence-electron chi connectivity index (χ4n) is 1.97. The summed E-state index contributed by atoms with van der Waals surface area (Å²) in [7, 11) is 1.52. The zero-order valence-corrected chi connectivity index (χ0v) is 12.8. The number of nitrogens with zero attached hydrogens (tertiary/aromatic N) is 3. The minimum atomic E-state index is -0.492. The molecule has 1 atom stereocenters. The van der Waals surface area contributed by atoms with Crippen molar-refractivity contribution in [1.29, 1.82) is 0 Å². The first-order chi connectivity index (χ1) is 9.87. The molecule has 1 aliphatic heterocycles. The highest BCUT2D eigenvalue weighted by molar-refractivity contribution is 5.68. The van der Waals surface area contributed by atoms with E-state index in [0.717, 1.165) is 6.42 Å². The van der Waals surface area contributed by atoms with E-state index in [1.165, 1.54) is 19.5 Å². The van der Waals surface area contributed by atoms with Gasteiger partial charge in [-0.05, 0) is 20.8 Å². The Hall–Kier alpha value is -2.05. The van der Waals surface area contributed by atoms with Gasteiger partial charge in [-0.1, -0.05) is 0 Å². The highest BCUT2D eigenvalue weighted by atomic mass is 16.6. The molecule has 1 fully saturated rings. The summed E-state index contributed by atoms with van der Waals surface area (Å²) in [5.41, 5.74) is -0.492. The van der Waals surface area contributed by atoms with Crippen molar-refractivity contribution in [2.45, 2.75) is 38.9 Å². The van der Waals surface area contributed by atoms with Gasteiger partial charge in [0.1, 0.15) is 11.7 Å². The average molecular weight is 295 g/mol. The second kappa shape index (κ2) is 6.15. The van der Waals surface area contributed by atoms with E-state index in [-0.39, 0.29) is 12.2 Å². The monoisotopic (exact) mass is 295 g/mol. The van der Waals surface area contributed by atoms with Crippen LogP contribution in [0.2, 0.25) is 0 Å². The molecule has 0 bridgehead atoms. The van der Waals surface area contributed by atoms with Crippen LogP contribution in [0.15, 0.2) is 12.4 Å². The molecule has 2 heterocycles. The van der Waals surface area contributed by atoms with Gasteiger partial charge in [0.15, 0.2) is 0 Å². The Morgan fingerprint density at radius 3 is 2.71 bits per heavy atom. The van der Waals surface area contributed by atoms with Crippen LogP contribution in [0.25, 0.3) is 0 Å². The predicted octanol–water partition coefficient (Wildman–Crippen LogP) is 1.87. The van der Waals surface area contributed by atoms with E-state index in [1.54, 1.807) is 4.90 Å². The van der Waals surface area contributed by atoms with Gasteiger partial charge in [-0.3, -0.25) is 4.98 Å². The number of likely N-dealkylation sites (tertiary alicyclic amines) is 1. The van der Waals surface area contributed by atoms with E-state index in [2.05, 4.69) is 9.97 Å². The van der Waals surface area contributed by atoms with Crippen LogP contribution < -0.4 is 9.47 Å². The Morgan fingerprint density at radius 2 is 2.05 bits per heavy atom. The Kier molecular flexibility index (Phi) is 4.50. The summed E-state index contributed by atoms with van der Waals surface area (Å²) in [4.78, 5) is 21.7. The lowest BCUT2D eigenvalue weighted by molar-refractivity contribution is 0.0274. The normalized spacial score (nSPS) is 18.5. The van der Waals surface area contributed by atoms with E-state index in [1.807, 2.05) is 20.8 Å². The highest BCUT2D eigenvalue weighted by Crippen LogP contribution is 2.19. The molecule has 2 rings (SSSR count). The molecule has 1 aromatic heterocycles. The van der Waals surface area contributed by atoms with Gasteiger partial charge in [0, 0.05) is 13.0 Å². The first-order valence-electron chi connectivity index (χ1n) is 6.88. The van der Waals surface area contributed by atoms with Gasteiger partial charge in [-0.15, -0.1) is 0 Å². The lowest BCUT2D eigenvalue weighted by Gasteiger charge is -2.24. The number of hydrogen-bond donors (Lipinski definition) is 0. The lowest BCUT2D eigenvalue weighted by atomic mass is 10.2. The van der Waals surface area contributed by atoms with E-state index in [9.17, 15) is 4.79 Å². The molecule has 1 aliphatic rings. The van der Waals surface area contributed by atoms with Gasteiger partial charge in [-0.2, -0.15) is 4.98 Å². The molecule has 0 aromatic carbocycles. The second-order valence-electron chi connectivity index (χ2n) is 5.85. The van der Waals surface area contributed by atoms with Crippen molar-refractivity contribution in [1.82, 2.24) is 14.9 Å². The van der Waals surface area contributed by atoms with Crippen molar-refractivity contribution >= 4 is 6.09 Å². The van der Waals surface area contributed by atoms with Crippen molar-refractivity contribution in [2.24, 2.45) is 0 Å². The zero-order valence-electron chi connectivity index (χ0n) is 12.8. The summed E-state index contributed by atoms with van der Waals surface area (Å²) in [5.74, 6) is 0.792. The fraction of sp³-hybridized carbons (Fsp3) is 0.643. The standard InChI is InChI=1S/C14H21N3O4/c1-14(2,3)21-13(18)17-6-5-10(9-17)20-12-8-15-7-11(16-12)19-4/h7-8,10H,5-6,9H2,1-4H3. The van der Waals surface area contributed by atoms with Crippen molar-refractivity contribution in [3.8, 4) is 11.8 Å². The lowest BCUT2D eigenvalue weighted by Crippen LogP contribution is -2.36. The molecule has 7 nitrogen and oxygen atoms in total. The number of carbonyl (C=O) groups excluding carboxylic acids is 1. The van der Waals surface area contributed by atoms with Gasteiger partial charge in [0.2, 0.25) is 11.8 Å². The molecule has 1 aromatic rings. The van der Waals surface area contributed by atoms with Crippen LogP contribution in [-0.4, -0.2) is 52.9 Å². The molecule has 7 heteroatoms. The van der Waals surface area contributed by atoms with Crippen molar-refractivity contribution in [3.05, 3.63) is 12.4 Å². The summed E-state index contributed by atoms with van der Waals surface area (Å²) in [6.07, 6.45) is 3.34. The highest BCUT2D eigenvalue weighted by Gasteiger charge is 2.31. The number of hydrogen-bond acceptors (Lipinski definition) is 6. The van der Waals surface area contributed by atoms with E-state index >= 15 is 0 Å². The summed E-state index contributed by atoms with van der Waals surface area (Å²) in [6.45, 7) is 6.63. The minimum Gasteiger partial charge on any atom is -0.480 e. The molecular formula is C14H21N3O4. The summed E-state index contributed by atoms with van der Waals surface area (Å²) in [5, 5.41) is 0. The summed E-state index contributed by atoms with van der Waals surface area (Å²) < 4.78 is 16.1. The maximum absolute atomic E-state index is 12.0. The molecule has 0 radical (unpaired) electrons. The quantitative estimate of drug-likeness (QED) is 0.847. The summed E-state index contributed by atoms with van der Waals surface area (Å²) in [6, 6.07) is 0. The number of methoxy groups -OCH3 is 1. The average Bonchev–Trinajstić information content (AvgIpc) is 2.85. The van der Waals surface area contributed by atoms with Crippen LogP contribution in [0.4, 0.5) is 4.79 Å². The third-order valence-electron chi connectivity index (χ3n) is 2.88. The molecule has 0 spiro atoms. The van der Waals surface area contributed by atoms with Crippen LogP contribution in [0.3, 0.4) is 0 Å². The molecule has 0 N–H and O–H groups in total. The molecule has 0 aliphatic carbocycles. The van der Waals surface area contributed by atoms with E-state index < -0.39 is 5.60 Å². The van der Waals surface area contributed by atoms with Crippen LogP contribution in [0.5, 0.6) is 11.8 Å². The summed E-state index contributed by atoms with van der Waals surface area (Å²) >= 11 is 0. The first kappa shape index (κ1) is 15.3. The predicted molar refractivity (Wildman–Crippen MR) is 75.4 cm³/mol. The van der Waals surface area contributed by atoms with Gasteiger partial charge in [0.25, 0.3) is 0 Å². The maximum atomic E-state index is 12.0. The van der Waals surface area contributed by atoms with Crippen LogP contribution in [0, 0.1) is 0 Å². The molecule has 0 saturated carbocycles. The van der Waals surface area contributed by atoms with Gasteiger partial charge in [0.05, 0.1) is 26.0 Å². The smallest absolute Gasteiger partial charge is 0.410 e. The van der Waals surface area contributed by atoms with Crippen molar-refractivity contribution < 1.29 is 19.0 Å². The van der Waals surface area contributed by atoms with Gasteiger partial charge in [-0.25, -0.2) is 4.79 Å². The number of carbonyl (C=O) groups is 1. The maximum Gasteiger partial charge on any atom is 0.410 e. The molecule has 116 valence electrons. The topological polar surface area (TPSA) is 73.8 Å². The minimum absolute atomic E-state index is 0.112. The number of ether oxygens (including phenoxy) is 3. The fourth-order valence-corrected chi connectivity index (χ4v) is 1.97. The van der Waals surface area contributed by atoms with Crippen molar-refractivity contribution in [3.63, 3.8) is 0 Å². The Morgan fingerprint density at radius 1 is 1.33 bits per heavy atom. The van der Waals surface area contributed by atoms with Crippen LogP contribution in [0.1, 0.15) is 27.2 Å². The molecule has 1 amide bonds. The van der Waals surface area contributed by atoms with Crippen LogP contribution in [-0.2, 0) is 4.74 Å². The first-order valence-corrected chi connectivity index (χ1v) is 6.88. The van der Waals surface area contributed by atoms with E-state index in [4.69, 9.17) is 14.2 Å². The molecule has 1 unspecified atom stereocenters. The van der Waals surface area contributed by atoms with E-state index in [0.29, 0.717) is 24.8 Å². The van der Waals surface area contributed by atoms with Gasteiger partial charge < -0.3 is 19.1 Å². The number of aromatic nitrogens is 2. The number of rotatable bonds is 3. The second-order valence-corrected chi connectivity index (χ2v) is 5.85. The van der Waals surface area contributed by atoms with Gasteiger partial charge >= 0.3 is 6.09 Å². The zero-order chi connectivity index (χ0) is 15.5. The third kappa shape index (κ3) is 4.47. The Balaban J connectivity index is 1.89. The Bertz CT molecular complexity index is 501. The SMILES string of the molecule is COc1cncc(OC2CCN(C(=O)OC(C)(C)C)C2)n1. The molecule has 21 heavy (non-hydrogen) atoms. The molecule has 1 saturated heterocycles. The third-order valence-corrected chi connectivity index (χ3v) is 2.88. The van der Waals surface area contributed by atoms with Crippen LogP contribution >= 0.6 is 0 Å². The van der Waals surface area contributed by atoms with Crippen molar-refractivity contribution in [2.75, 3.05) is 20.2 Å².